The first-order valence-corrected chi connectivity index (χ1v) is 18.1. The van der Waals surface area contributed by atoms with E-state index in [-0.39, 0.29) is 70.0 Å². The molecule has 4 fully saturated rings. The van der Waals surface area contributed by atoms with Crippen LogP contribution in [0.3, 0.4) is 0 Å². The summed E-state index contributed by atoms with van der Waals surface area (Å²) >= 11 is 6.33. The van der Waals surface area contributed by atoms with Gasteiger partial charge in [0.2, 0.25) is 11.8 Å². The van der Waals surface area contributed by atoms with Gasteiger partial charge in [0.25, 0.3) is 5.91 Å². The average molecular weight is 727 g/mol. The number of imide groups is 1. The number of halogens is 1. The Morgan fingerprint density at radius 3 is 2.48 bits per heavy atom. The summed E-state index contributed by atoms with van der Waals surface area (Å²) in [6.45, 7) is 4.32. The van der Waals surface area contributed by atoms with Crippen LogP contribution in [0.25, 0.3) is 0 Å². The van der Waals surface area contributed by atoms with Gasteiger partial charge in [0.1, 0.15) is 0 Å². The van der Waals surface area contributed by atoms with Gasteiger partial charge in [-0.15, -0.1) is 11.8 Å². The van der Waals surface area contributed by atoms with Crippen molar-refractivity contribution >= 4 is 62.4 Å². The number of ether oxygens (including phenoxy) is 3. The highest BCUT2D eigenvalue weighted by Crippen LogP contribution is 2.68. The van der Waals surface area contributed by atoms with Gasteiger partial charge < -0.3 is 24.1 Å². The van der Waals surface area contributed by atoms with Crippen LogP contribution in [0.4, 0.5) is 5.69 Å². The smallest absolute Gasteiger partial charge is 0.305 e. The number of nitrogens with zero attached hydrogens (tertiary/aromatic N) is 2. The summed E-state index contributed by atoms with van der Waals surface area (Å²) in [7, 11) is 0. The average Bonchev–Trinajstić information content (AvgIpc) is 3.80. The topological polar surface area (TPSA) is 118 Å². The molecule has 240 valence electrons. The molecular formula is C33H32BrN3O7S2. The number of morpholine rings is 1. The molecule has 6 unspecified atom stereocenters. The molecule has 7 atom stereocenters. The second kappa shape index (κ2) is 11.8. The predicted molar refractivity (Wildman–Crippen MR) is 176 cm³/mol. The number of carbonyl (C=O) groups excluding carboxylic acids is 3. The van der Waals surface area contributed by atoms with Gasteiger partial charge in [0.15, 0.2) is 18.1 Å². The van der Waals surface area contributed by atoms with Crippen molar-refractivity contribution in [3.05, 3.63) is 67.0 Å². The van der Waals surface area contributed by atoms with Gasteiger partial charge in [-0.25, -0.2) is 0 Å². The van der Waals surface area contributed by atoms with Crippen LogP contribution < -0.4 is 19.2 Å². The van der Waals surface area contributed by atoms with Crippen LogP contribution in [-0.4, -0.2) is 72.4 Å². The van der Waals surface area contributed by atoms with Crippen molar-refractivity contribution in [3.8, 4) is 11.5 Å². The number of thioether (sulfide) groups is 1. The van der Waals surface area contributed by atoms with Crippen molar-refractivity contribution in [1.29, 1.82) is 0 Å². The summed E-state index contributed by atoms with van der Waals surface area (Å²) in [5.74, 6) is -0.152. The molecule has 1 aromatic heterocycles. The molecule has 3 aromatic rings. The SMILES string of the molecule is CCOc1cc([C@H]2c3sc(=O)[nH]c3SC3C4CC(C5C(=O)N(c6ccc(Br)cc6)C(=O)C45)C32)ccc1OCC(=O)N1CCOCC1. The van der Waals surface area contributed by atoms with Crippen LogP contribution in [0.2, 0.25) is 0 Å². The largest absolute Gasteiger partial charge is 0.490 e. The number of aromatic amines is 1. The number of thiazole rings is 1. The molecule has 0 spiro atoms. The Balaban J connectivity index is 1.12. The van der Waals surface area contributed by atoms with E-state index >= 15 is 0 Å². The van der Waals surface area contributed by atoms with Gasteiger partial charge in [-0.05, 0) is 73.1 Å². The van der Waals surface area contributed by atoms with E-state index in [1.165, 1.54) is 16.2 Å². The molecule has 1 N–H and O–H groups in total. The van der Waals surface area contributed by atoms with E-state index in [9.17, 15) is 19.2 Å². The number of aromatic nitrogens is 1. The maximum atomic E-state index is 14.0. The van der Waals surface area contributed by atoms with Gasteiger partial charge in [0.05, 0.1) is 42.4 Å². The van der Waals surface area contributed by atoms with Crippen LogP contribution in [0.15, 0.2) is 56.8 Å². The minimum atomic E-state index is -0.386. The highest BCUT2D eigenvalue weighted by molar-refractivity contribution is 9.10. The Labute approximate surface area is 281 Å². The number of hydrogen-bond donors (Lipinski definition) is 1. The molecule has 46 heavy (non-hydrogen) atoms. The first-order chi connectivity index (χ1) is 22.3. The van der Waals surface area contributed by atoms with Crippen LogP contribution >= 0.6 is 39.0 Å². The second-order valence-corrected chi connectivity index (χ2v) is 15.5. The highest BCUT2D eigenvalue weighted by atomic mass is 79.9. The lowest BCUT2D eigenvalue weighted by atomic mass is 9.68. The van der Waals surface area contributed by atoms with E-state index < -0.39 is 0 Å². The molecule has 3 amide bonds. The number of fused-ring (bicyclic) bond motifs is 9. The van der Waals surface area contributed by atoms with E-state index in [4.69, 9.17) is 14.2 Å². The molecule has 4 heterocycles. The number of anilines is 1. The van der Waals surface area contributed by atoms with E-state index in [2.05, 4.69) is 20.9 Å². The molecule has 2 aliphatic carbocycles. The first kappa shape index (κ1) is 30.2. The summed E-state index contributed by atoms with van der Waals surface area (Å²) in [6.07, 6.45) is 0.808. The Bertz CT molecular complexity index is 1770. The maximum absolute atomic E-state index is 14.0. The zero-order valence-corrected chi connectivity index (χ0v) is 28.2. The van der Waals surface area contributed by atoms with Gasteiger partial charge in [0, 0.05) is 33.6 Å². The molecule has 2 bridgehead atoms. The van der Waals surface area contributed by atoms with Crippen molar-refractivity contribution in [2.24, 2.45) is 29.6 Å². The summed E-state index contributed by atoms with van der Waals surface area (Å²) < 4.78 is 18.3. The van der Waals surface area contributed by atoms with Crippen molar-refractivity contribution in [1.82, 2.24) is 9.88 Å². The van der Waals surface area contributed by atoms with Crippen LogP contribution in [0.5, 0.6) is 11.5 Å². The zero-order valence-electron chi connectivity index (χ0n) is 25.0. The summed E-state index contributed by atoms with van der Waals surface area (Å²) in [5.41, 5.74) is 1.57. The van der Waals surface area contributed by atoms with Crippen molar-refractivity contribution < 1.29 is 28.6 Å². The van der Waals surface area contributed by atoms with E-state index in [1.54, 1.807) is 16.7 Å². The molecule has 2 saturated heterocycles. The lowest BCUT2D eigenvalue weighted by Crippen LogP contribution is -2.43. The normalized spacial score (nSPS) is 29.5. The van der Waals surface area contributed by atoms with Gasteiger partial charge >= 0.3 is 4.87 Å². The van der Waals surface area contributed by atoms with Gasteiger partial charge in [-0.3, -0.25) is 24.1 Å². The molecule has 2 aromatic carbocycles. The number of rotatable bonds is 7. The van der Waals surface area contributed by atoms with Crippen molar-refractivity contribution in [3.63, 3.8) is 0 Å². The lowest BCUT2D eigenvalue weighted by molar-refractivity contribution is -0.137. The number of hydrogen-bond acceptors (Lipinski definition) is 9. The molecule has 10 nitrogen and oxygen atoms in total. The van der Waals surface area contributed by atoms with Gasteiger partial charge in [-0.2, -0.15) is 0 Å². The fourth-order valence-electron chi connectivity index (χ4n) is 8.38. The quantitative estimate of drug-likeness (QED) is 0.354. The summed E-state index contributed by atoms with van der Waals surface area (Å²) in [5, 5.41) is 0.925. The summed E-state index contributed by atoms with van der Waals surface area (Å²) in [4.78, 5) is 60.4. The highest BCUT2D eigenvalue weighted by Gasteiger charge is 2.69. The van der Waals surface area contributed by atoms with Crippen LogP contribution in [-0.2, 0) is 19.1 Å². The maximum Gasteiger partial charge on any atom is 0.305 e. The predicted octanol–water partition coefficient (Wildman–Crippen LogP) is 4.51. The Morgan fingerprint density at radius 1 is 1.00 bits per heavy atom. The Morgan fingerprint density at radius 2 is 1.74 bits per heavy atom. The number of carbonyl (C=O) groups is 3. The van der Waals surface area contributed by atoms with Crippen molar-refractivity contribution in [2.75, 3.05) is 44.4 Å². The minimum Gasteiger partial charge on any atom is -0.490 e. The fourth-order valence-corrected chi connectivity index (χ4v) is 11.5. The third-order valence-corrected chi connectivity index (χ3v) is 13.3. The van der Waals surface area contributed by atoms with Gasteiger partial charge in [-0.1, -0.05) is 33.3 Å². The molecular weight excluding hydrogens is 694 g/mol. The standard InChI is InChI=1S/C33H32BrN3O7S2/c1-2-43-22-13-16(3-8-21(22)44-15-23(38)36-9-11-42-12-10-36)24-25-19-14-20(28(25)45-30-29(24)46-33(41)35-30)27-26(19)31(39)37(32(27)40)18-6-4-17(34)5-7-18/h3-8,13,19-20,24-28H,2,9-12,14-15H2,1H3,(H,35,41)/t19?,20?,24-,25?,26?,27?,28?/m1/s1. The lowest BCUT2D eigenvalue weighted by Gasteiger charge is -2.43. The first-order valence-electron chi connectivity index (χ1n) is 15.6. The summed E-state index contributed by atoms with van der Waals surface area (Å²) in [6, 6.07) is 13.1. The Hall–Kier alpha value is -3.13. The van der Waals surface area contributed by atoms with Crippen molar-refractivity contribution in [2.45, 2.75) is 29.5 Å². The molecule has 0 radical (unpaired) electrons. The Kier molecular flexibility index (Phi) is 7.78. The van der Waals surface area contributed by atoms with E-state index in [1.807, 2.05) is 49.4 Å². The molecule has 2 saturated carbocycles. The molecule has 3 aliphatic heterocycles. The van der Waals surface area contributed by atoms with Crippen LogP contribution in [0, 0.1) is 29.6 Å². The minimum absolute atomic E-state index is 0.00244. The number of amides is 3. The second-order valence-electron chi connectivity index (χ2n) is 12.4. The third-order valence-electron chi connectivity index (χ3n) is 10.2. The molecule has 13 heteroatoms. The third kappa shape index (κ3) is 4.84. The van der Waals surface area contributed by atoms with E-state index in [0.717, 1.165) is 26.4 Å². The molecule has 8 rings (SSSR count). The number of H-pyrrole nitrogens is 1. The zero-order chi connectivity index (χ0) is 31.7. The fraction of sp³-hybridized carbons (Fsp3) is 0.455. The monoisotopic (exact) mass is 725 g/mol. The van der Waals surface area contributed by atoms with Crippen LogP contribution in [0.1, 0.15) is 29.7 Å². The van der Waals surface area contributed by atoms with E-state index in [0.29, 0.717) is 50.1 Å². The molecule has 5 aliphatic rings. The number of benzene rings is 2. The number of nitrogens with one attached hydrogen (secondary N) is 1.